The molecular formula is C24H32Cl2N2. The van der Waals surface area contributed by atoms with E-state index in [1.54, 1.807) is 0 Å². The molecule has 0 fully saturated rings. The van der Waals surface area contributed by atoms with E-state index in [4.69, 9.17) is 23.2 Å². The van der Waals surface area contributed by atoms with Crippen LogP contribution in [0.4, 0.5) is 0 Å². The predicted molar refractivity (Wildman–Crippen MR) is 123 cm³/mol. The highest BCUT2D eigenvalue weighted by Gasteiger charge is 2.03. The molecule has 2 aromatic carbocycles. The Balaban J connectivity index is 1.89. The van der Waals surface area contributed by atoms with Gasteiger partial charge < -0.3 is 10.6 Å². The van der Waals surface area contributed by atoms with Crippen LogP contribution in [0.3, 0.4) is 0 Å². The molecule has 0 radical (unpaired) electrons. The van der Waals surface area contributed by atoms with Crippen molar-refractivity contribution in [2.75, 3.05) is 0 Å². The van der Waals surface area contributed by atoms with Crippen LogP contribution in [-0.4, -0.2) is 0 Å². The molecule has 0 spiro atoms. The second kappa shape index (κ2) is 13.5. The first-order valence-corrected chi connectivity index (χ1v) is 11.1. The number of allylic oxidation sites excluding steroid dienone is 1. The minimum Gasteiger partial charge on any atom is -0.368 e. The van der Waals surface area contributed by atoms with E-state index in [2.05, 4.69) is 35.8 Å². The Kier molecular flexibility index (Phi) is 10.9. The average Bonchev–Trinajstić information content (AvgIpc) is 2.71. The first-order chi connectivity index (χ1) is 13.7. The molecule has 4 heteroatoms. The SMILES string of the molecule is CCCCCCCCC=C(NCc1ccccc1Cl)NCc1ccccc1Cl. The lowest BCUT2D eigenvalue weighted by atomic mass is 10.1. The molecule has 0 aliphatic rings. The van der Waals surface area contributed by atoms with Crippen molar-refractivity contribution in [3.05, 3.63) is 81.6 Å². The van der Waals surface area contributed by atoms with Gasteiger partial charge in [-0.1, -0.05) is 98.6 Å². The average molecular weight is 419 g/mol. The van der Waals surface area contributed by atoms with Gasteiger partial charge in [0.2, 0.25) is 0 Å². The Labute approximate surface area is 180 Å². The molecule has 0 saturated heterocycles. The van der Waals surface area contributed by atoms with Gasteiger partial charge in [-0.3, -0.25) is 0 Å². The van der Waals surface area contributed by atoms with Gasteiger partial charge in [-0.15, -0.1) is 0 Å². The van der Waals surface area contributed by atoms with Crippen molar-refractivity contribution in [2.24, 2.45) is 0 Å². The largest absolute Gasteiger partial charge is 0.368 e. The number of rotatable bonds is 13. The fraction of sp³-hybridized carbons (Fsp3) is 0.417. The summed E-state index contributed by atoms with van der Waals surface area (Å²) in [5.41, 5.74) is 2.18. The normalized spacial score (nSPS) is 10.5. The quantitative estimate of drug-likeness (QED) is 0.329. The fourth-order valence-electron chi connectivity index (χ4n) is 3.04. The Morgan fingerprint density at radius 1 is 0.750 bits per heavy atom. The maximum Gasteiger partial charge on any atom is 0.0950 e. The molecule has 2 nitrogen and oxygen atoms in total. The van der Waals surface area contributed by atoms with Crippen molar-refractivity contribution in [2.45, 2.75) is 65.0 Å². The fourth-order valence-corrected chi connectivity index (χ4v) is 3.45. The Hall–Kier alpha value is -1.64. The van der Waals surface area contributed by atoms with E-state index in [0.29, 0.717) is 13.1 Å². The van der Waals surface area contributed by atoms with Crippen LogP contribution in [0.25, 0.3) is 0 Å². The van der Waals surface area contributed by atoms with Crippen LogP contribution in [0.5, 0.6) is 0 Å². The van der Waals surface area contributed by atoms with Crippen LogP contribution in [0.2, 0.25) is 10.0 Å². The molecule has 0 aliphatic heterocycles. The van der Waals surface area contributed by atoms with Crippen LogP contribution >= 0.6 is 23.2 Å². The van der Waals surface area contributed by atoms with Crippen LogP contribution < -0.4 is 10.6 Å². The number of benzene rings is 2. The van der Waals surface area contributed by atoms with Crippen LogP contribution in [-0.2, 0) is 13.1 Å². The summed E-state index contributed by atoms with van der Waals surface area (Å²) in [5, 5.41) is 8.58. The molecular weight excluding hydrogens is 387 g/mol. The third-order valence-corrected chi connectivity index (χ3v) is 5.50. The Morgan fingerprint density at radius 2 is 1.25 bits per heavy atom. The third-order valence-electron chi connectivity index (χ3n) is 4.76. The summed E-state index contributed by atoms with van der Waals surface area (Å²) in [6.45, 7) is 3.64. The van der Waals surface area contributed by atoms with Gasteiger partial charge in [-0.05, 0) is 42.2 Å². The molecule has 0 atom stereocenters. The van der Waals surface area contributed by atoms with Gasteiger partial charge in [0.1, 0.15) is 0 Å². The van der Waals surface area contributed by atoms with Gasteiger partial charge in [0.05, 0.1) is 5.82 Å². The maximum atomic E-state index is 6.29. The van der Waals surface area contributed by atoms with Gasteiger partial charge in [-0.2, -0.15) is 0 Å². The summed E-state index contributed by atoms with van der Waals surface area (Å²) >= 11 is 12.6. The molecule has 0 amide bonds. The highest BCUT2D eigenvalue weighted by molar-refractivity contribution is 6.31. The van der Waals surface area contributed by atoms with E-state index in [0.717, 1.165) is 33.4 Å². The summed E-state index contributed by atoms with van der Waals surface area (Å²) in [5.74, 6) is 1.04. The molecule has 0 aliphatic carbocycles. The molecule has 0 heterocycles. The lowest BCUT2D eigenvalue weighted by Crippen LogP contribution is -2.26. The molecule has 0 unspecified atom stereocenters. The molecule has 152 valence electrons. The zero-order chi connectivity index (χ0) is 20.0. The van der Waals surface area contributed by atoms with Gasteiger partial charge in [0.25, 0.3) is 0 Å². The number of halogens is 2. The van der Waals surface area contributed by atoms with Crippen molar-refractivity contribution in [3.8, 4) is 0 Å². The van der Waals surface area contributed by atoms with E-state index in [-0.39, 0.29) is 0 Å². The highest BCUT2D eigenvalue weighted by atomic mass is 35.5. The summed E-state index contributed by atoms with van der Waals surface area (Å²) in [7, 11) is 0. The van der Waals surface area contributed by atoms with Gasteiger partial charge in [-0.25, -0.2) is 0 Å². The number of hydrogen-bond acceptors (Lipinski definition) is 2. The molecule has 0 bridgehead atoms. The molecule has 0 saturated carbocycles. The number of nitrogens with one attached hydrogen (secondary N) is 2. The predicted octanol–water partition coefficient (Wildman–Crippen LogP) is 7.46. The standard InChI is InChI=1S/C24H32Cl2N2/c1-2-3-4-5-6-7-8-17-24(27-18-20-13-9-11-15-22(20)25)28-19-21-14-10-12-16-23(21)26/h9-17,27-28H,2-8,18-19H2,1H3. The number of unbranched alkanes of at least 4 members (excludes halogenated alkanes) is 6. The summed E-state index contributed by atoms with van der Waals surface area (Å²) in [6.07, 6.45) is 11.1. The molecule has 2 N–H and O–H groups in total. The Morgan fingerprint density at radius 3 is 1.79 bits per heavy atom. The third kappa shape index (κ3) is 8.58. The van der Waals surface area contributed by atoms with Crippen LogP contribution in [0.15, 0.2) is 60.4 Å². The molecule has 28 heavy (non-hydrogen) atoms. The first kappa shape index (κ1) is 22.6. The number of hydrogen-bond donors (Lipinski definition) is 2. The monoisotopic (exact) mass is 418 g/mol. The van der Waals surface area contributed by atoms with Gasteiger partial charge in [0, 0.05) is 23.1 Å². The lowest BCUT2D eigenvalue weighted by molar-refractivity contribution is 0.606. The van der Waals surface area contributed by atoms with Crippen molar-refractivity contribution < 1.29 is 0 Å². The van der Waals surface area contributed by atoms with E-state index < -0.39 is 0 Å². The topological polar surface area (TPSA) is 24.1 Å². The molecule has 2 aromatic rings. The first-order valence-electron chi connectivity index (χ1n) is 10.4. The van der Waals surface area contributed by atoms with Gasteiger partial charge >= 0.3 is 0 Å². The lowest BCUT2D eigenvalue weighted by Gasteiger charge is -2.15. The molecule has 2 rings (SSSR count). The van der Waals surface area contributed by atoms with E-state index in [1.807, 2.05) is 36.4 Å². The zero-order valence-corrected chi connectivity index (χ0v) is 18.3. The van der Waals surface area contributed by atoms with E-state index in [9.17, 15) is 0 Å². The second-order valence-corrected chi connectivity index (χ2v) is 7.88. The summed E-state index contributed by atoms with van der Waals surface area (Å²) in [6, 6.07) is 15.9. The Bertz CT molecular complexity index is 677. The minimum absolute atomic E-state index is 0.692. The zero-order valence-electron chi connectivity index (χ0n) is 16.8. The van der Waals surface area contributed by atoms with Crippen LogP contribution in [0, 0.1) is 0 Å². The maximum absolute atomic E-state index is 6.29. The summed E-state index contributed by atoms with van der Waals surface area (Å²) in [4.78, 5) is 0. The van der Waals surface area contributed by atoms with Crippen molar-refractivity contribution in [1.82, 2.24) is 10.6 Å². The highest BCUT2D eigenvalue weighted by Crippen LogP contribution is 2.16. The van der Waals surface area contributed by atoms with Crippen LogP contribution in [0.1, 0.15) is 63.0 Å². The minimum atomic E-state index is 0.692. The van der Waals surface area contributed by atoms with E-state index >= 15 is 0 Å². The second-order valence-electron chi connectivity index (χ2n) is 7.06. The van der Waals surface area contributed by atoms with Crippen molar-refractivity contribution in [3.63, 3.8) is 0 Å². The van der Waals surface area contributed by atoms with Crippen molar-refractivity contribution in [1.29, 1.82) is 0 Å². The van der Waals surface area contributed by atoms with E-state index in [1.165, 1.54) is 38.5 Å². The van der Waals surface area contributed by atoms with Gasteiger partial charge in [0.15, 0.2) is 0 Å². The molecule has 0 aromatic heterocycles. The van der Waals surface area contributed by atoms with Crippen molar-refractivity contribution >= 4 is 23.2 Å². The summed E-state index contributed by atoms with van der Waals surface area (Å²) < 4.78 is 0. The smallest absolute Gasteiger partial charge is 0.0950 e.